The molecule has 0 N–H and O–H groups in total. The minimum atomic E-state index is -0.168. The molecule has 0 spiro atoms. The zero-order valence-electron chi connectivity index (χ0n) is 11.1. The Hall–Kier alpha value is -1.21. The molecule has 1 aromatic rings. The summed E-state index contributed by atoms with van der Waals surface area (Å²) >= 11 is 4.63. The van der Waals surface area contributed by atoms with E-state index in [4.69, 9.17) is 0 Å². The molecule has 1 aromatic heterocycles. The SMILES string of the molecule is CCCN1CC(=O)N(CC(=O)c2sccc2Br)CC1=O. The van der Waals surface area contributed by atoms with E-state index >= 15 is 0 Å². The zero-order valence-corrected chi connectivity index (χ0v) is 13.5. The average molecular weight is 359 g/mol. The molecule has 2 rings (SSSR count). The summed E-state index contributed by atoms with van der Waals surface area (Å²) in [5.41, 5.74) is 0. The van der Waals surface area contributed by atoms with Gasteiger partial charge in [0.15, 0.2) is 5.78 Å². The Labute approximate surface area is 129 Å². The van der Waals surface area contributed by atoms with Gasteiger partial charge >= 0.3 is 0 Å². The monoisotopic (exact) mass is 358 g/mol. The highest BCUT2D eigenvalue weighted by Crippen LogP contribution is 2.23. The van der Waals surface area contributed by atoms with Crippen molar-refractivity contribution in [1.82, 2.24) is 9.80 Å². The van der Waals surface area contributed by atoms with Gasteiger partial charge in [-0.05, 0) is 33.8 Å². The molecule has 0 saturated carbocycles. The predicted octanol–water partition coefficient (Wildman–Crippen LogP) is 1.77. The molecular formula is C13H15BrN2O3S. The molecule has 0 unspecified atom stereocenters. The van der Waals surface area contributed by atoms with Crippen molar-refractivity contribution in [2.45, 2.75) is 13.3 Å². The zero-order chi connectivity index (χ0) is 14.7. The summed E-state index contributed by atoms with van der Waals surface area (Å²) in [6.07, 6.45) is 0.820. The van der Waals surface area contributed by atoms with Gasteiger partial charge in [-0.3, -0.25) is 14.4 Å². The fourth-order valence-corrected chi connectivity index (χ4v) is 3.58. The quantitative estimate of drug-likeness (QED) is 0.753. The normalized spacial score (nSPS) is 15.9. The van der Waals surface area contributed by atoms with Crippen molar-refractivity contribution >= 4 is 44.9 Å². The van der Waals surface area contributed by atoms with Gasteiger partial charge in [0.2, 0.25) is 11.8 Å². The van der Waals surface area contributed by atoms with E-state index in [0.29, 0.717) is 11.4 Å². The fourth-order valence-electron chi connectivity index (χ4n) is 2.06. The van der Waals surface area contributed by atoms with E-state index in [9.17, 15) is 14.4 Å². The van der Waals surface area contributed by atoms with Gasteiger partial charge in [-0.25, -0.2) is 0 Å². The van der Waals surface area contributed by atoms with Crippen LogP contribution in [0.2, 0.25) is 0 Å². The van der Waals surface area contributed by atoms with Crippen LogP contribution >= 0.6 is 27.3 Å². The van der Waals surface area contributed by atoms with Crippen molar-refractivity contribution in [3.63, 3.8) is 0 Å². The standard InChI is InChI=1S/C13H15BrN2O3S/c1-2-4-15-7-12(19)16(8-11(15)18)6-10(17)13-9(14)3-5-20-13/h3,5H,2,4,6-8H2,1H3. The minimum Gasteiger partial charge on any atom is -0.332 e. The molecule has 0 radical (unpaired) electrons. The Bertz CT molecular complexity index is 543. The van der Waals surface area contributed by atoms with Crippen LogP contribution in [0.25, 0.3) is 0 Å². The van der Waals surface area contributed by atoms with Gasteiger partial charge in [-0.1, -0.05) is 6.92 Å². The van der Waals surface area contributed by atoms with E-state index in [1.807, 2.05) is 12.3 Å². The number of amides is 2. The van der Waals surface area contributed by atoms with Crippen molar-refractivity contribution in [2.75, 3.05) is 26.2 Å². The number of halogens is 1. The van der Waals surface area contributed by atoms with E-state index in [2.05, 4.69) is 15.9 Å². The van der Waals surface area contributed by atoms with Crippen LogP contribution in [0.1, 0.15) is 23.0 Å². The lowest BCUT2D eigenvalue weighted by Crippen LogP contribution is -2.54. The first-order valence-corrected chi connectivity index (χ1v) is 8.02. The van der Waals surface area contributed by atoms with Gasteiger partial charge in [0.1, 0.15) is 6.54 Å². The summed E-state index contributed by atoms with van der Waals surface area (Å²) in [6.45, 7) is 2.58. The number of ketones is 1. The van der Waals surface area contributed by atoms with Crippen molar-refractivity contribution in [3.05, 3.63) is 20.8 Å². The maximum absolute atomic E-state index is 12.1. The highest BCUT2D eigenvalue weighted by atomic mass is 79.9. The maximum Gasteiger partial charge on any atom is 0.243 e. The number of piperazine rings is 1. The molecule has 1 fully saturated rings. The number of carbonyl (C=O) groups excluding carboxylic acids is 3. The molecule has 0 aliphatic carbocycles. The third-order valence-electron chi connectivity index (χ3n) is 3.06. The first-order valence-electron chi connectivity index (χ1n) is 6.34. The molecule has 20 heavy (non-hydrogen) atoms. The van der Waals surface area contributed by atoms with Gasteiger partial charge < -0.3 is 9.80 Å². The summed E-state index contributed by atoms with van der Waals surface area (Å²) in [7, 11) is 0. The minimum absolute atomic E-state index is 0.00638. The lowest BCUT2D eigenvalue weighted by molar-refractivity contribution is -0.149. The van der Waals surface area contributed by atoms with Crippen molar-refractivity contribution in [1.29, 1.82) is 0 Å². The summed E-state index contributed by atoms with van der Waals surface area (Å²) in [6, 6.07) is 1.80. The number of hydrogen-bond acceptors (Lipinski definition) is 4. The number of carbonyl (C=O) groups is 3. The fraction of sp³-hybridized carbons (Fsp3) is 0.462. The van der Waals surface area contributed by atoms with Gasteiger partial charge in [0, 0.05) is 11.0 Å². The lowest BCUT2D eigenvalue weighted by atomic mass is 10.2. The number of nitrogens with zero attached hydrogens (tertiary/aromatic N) is 2. The van der Waals surface area contributed by atoms with Crippen molar-refractivity contribution < 1.29 is 14.4 Å². The molecule has 1 aliphatic heterocycles. The molecular weight excluding hydrogens is 344 g/mol. The van der Waals surface area contributed by atoms with Crippen LogP contribution in [-0.4, -0.2) is 53.6 Å². The van der Waals surface area contributed by atoms with Crippen LogP contribution in [0.5, 0.6) is 0 Å². The maximum atomic E-state index is 12.1. The first kappa shape index (κ1) is 15.2. The Morgan fingerprint density at radius 3 is 2.55 bits per heavy atom. The molecule has 0 aromatic carbocycles. The number of thiophene rings is 1. The predicted molar refractivity (Wildman–Crippen MR) is 79.8 cm³/mol. The molecule has 7 heteroatoms. The highest BCUT2D eigenvalue weighted by Gasteiger charge is 2.31. The van der Waals surface area contributed by atoms with Crippen LogP contribution < -0.4 is 0 Å². The second-order valence-electron chi connectivity index (χ2n) is 4.59. The van der Waals surface area contributed by atoms with E-state index in [1.165, 1.54) is 16.2 Å². The molecule has 2 heterocycles. The smallest absolute Gasteiger partial charge is 0.243 e. The van der Waals surface area contributed by atoms with Gasteiger partial charge in [-0.15, -0.1) is 11.3 Å². The topological polar surface area (TPSA) is 57.7 Å². The number of rotatable bonds is 5. The van der Waals surface area contributed by atoms with Gasteiger partial charge in [-0.2, -0.15) is 0 Å². The Morgan fingerprint density at radius 2 is 1.95 bits per heavy atom. The number of hydrogen-bond donors (Lipinski definition) is 0. The summed E-state index contributed by atoms with van der Waals surface area (Å²) in [4.78, 5) is 39.5. The average Bonchev–Trinajstić information content (AvgIpc) is 2.82. The third kappa shape index (κ3) is 3.27. The summed E-state index contributed by atoms with van der Waals surface area (Å²) < 4.78 is 0.732. The molecule has 2 amide bonds. The third-order valence-corrected chi connectivity index (χ3v) is 4.93. The lowest BCUT2D eigenvalue weighted by Gasteiger charge is -2.33. The molecule has 0 bridgehead atoms. The van der Waals surface area contributed by atoms with E-state index in [0.717, 1.165) is 10.9 Å². The second-order valence-corrected chi connectivity index (χ2v) is 6.36. The molecule has 108 valence electrons. The van der Waals surface area contributed by atoms with E-state index < -0.39 is 0 Å². The molecule has 5 nitrogen and oxygen atoms in total. The molecule has 1 aliphatic rings. The first-order chi connectivity index (χ1) is 9.52. The van der Waals surface area contributed by atoms with Crippen LogP contribution in [0, 0.1) is 0 Å². The molecule has 1 saturated heterocycles. The summed E-state index contributed by atoms with van der Waals surface area (Å²) in [5, 5.41) is 1.81. The van der Waals surface area contributed by atoms with E-state index in [-0.39, 0.29) is 37.2 Å². The van der Waals surface area contributed by atoms with Crippen LogP contribution in [-0.2, 0) is 9.59 Å². The molecule has 0 atom stereocenters. The van der Waals surface area contributed by atoms with Gasteiger partial charge in [0.05, 0.1) is 18.0 Å². The van der Waals surface area contributed by atoms with E-state index in [1.54, 1.807) is 11.0 Å². The Kier molecular flexibility index (Phi) is 4.93. The largest absolute Gasteiger partial charge is 0.332 e. The van der Waals surface area contributed by atoms with Crippen LogP contribution in [0.15, 0.2) is 15.9 Å². The van der Waals surface area contributed by atoms with Crippen molar-refractivity contribution in [2.24, 2.45) is 0 Å². The Balaban J connectivity index is 2.01. The van der Waals surface area contributed by atoms with Crippen LogP contribution in [0.3, 0.4) is 0 Å². The highest BCUT2D eigenvalue weighted by molar-refractivity contribution is 9.10. The van der Waals surface area contributed by atoms with Crippen molar-refractivity contribution in [3.8, 4) is 0 Å². The summed E-state index contributed by atoms with van der Waals surface area (Å²) in [5.74, 6) is -0.402. The second kappa shape index (κ2) is 6.49. The Morgan fingerprint density at radius 1 is 1.30 bits per heavy atom. The number of Topliss-reactive ketones (excluding diaryl/α,β-unsaturated/α-hetero) is 1. The van der Waals surface area contributed by atoms with Gasteiger partial charge in [0.25, 0.3) is 0 Å². The van der Waals surface area contributed by atoms with Crippen LogP contribution in [0.4, 0.5) is 0 Å².